The molecule has 5 rings (SSSR count). The Kier molecular flexibility index (Phi) is 3.55. The second-order valence-electron chi connectivity index (χ2n) is 7.53. The monoisotopic (exact) mass is 413 g/mol. The van der Waals surface area contributed by atoms with E-state index in [-0.39, 0.29) is 22.0 Å². The smallest absolute Gasteiger partial charge is 0.280 e. The van der Waals surface area contributed by atoms with Crippen LogP contribution in [0.5, 0.6) is 0 Å². The molecular weight excluding hydrogens is 397 g/mol. The van der Waals surface area contributed by atoms with Gasteiger partial charge in [-0.25, -0.2) is 9.11 Å². The fraction of sp³-hybridized carbons (Fsp3) is 0.250. The number of carbonyl (C=O) groups is 1. The number of carbonyl (C=O) groups excluding carboxylic acids is 1. The molecule has 2 aromatic heterocycles. The van der Waals surface area contributed by atoms with Crippen molar-refractivity contribution in [2.45, 2.75) is 37.8 Å². The van der Waals surface area contributed by atoms with Crippen LogP contribution in [0.1, 0.15) is 40.6 Å². The van der Waals surface area contributed by atoms with Crippen LogP contribution < -0.4 is 10.2 Å². The van der Waals surface area contributed by atoms with Crippen LogP contribution in [0.3, 0.4) is 0 Å². The number of nitrogens with zero attached hydrogens (tertiary/aromatic N) is 2. The van der Waals surface area contributed by atoms with E-state index in [0.29, 0.717) is 35.3 Å². The van der Waals surface area contributed by atoms with Gasteiger partial charge in [0.2, 0.25) is 5.43 Å². The van der Waals surface area contributed by atoms with E-state index in [4.69, 9.17) is 0 Å². The fourth-order valence-electron chi connectivity index (χ4n) is 4.00. The van der Waals surface area contributed by atoms with E-state index in [1.54, 1.807) is 26.0 Å². The third-order valence-corrected chi connectivity index (χ3v) is 6.63. The summed E-state index contributed by atoms with van der Waals surface area (Å²) in [6.07, 6.45) is 1.43. The van der Waals surface area contributed by atoms with Crippen LogP contribution in [0.4, 0.5) is 4.39 Å². The molecule has 0 unspecified atom stereocenters. The molecule has 29 heavy (non-hydrogen) atoms. The first-order valence-electron chi connectivity index (χ1n) is 9.12. The van der Waals surface area contributed by atoms with E-state index < -0.39 is 32.7 Å². The molecule has 1 aliphatic heterocycles. The summed E-state index contributed by atoms with van der Waals surface area (Å²) >= 11 is 0. The number of halogens is 1. The maximum Gasteiger partial charge on any atom is 0.280 e. The lowest BCUT2D eigenvalue weighted by molar-refractivity contribution is 0.0983. The quantitative estimate of drug-likeness (QED) is 0.696. The normalized spacial score (nSPS) is 17.4. The Hall–Kier alpha value is -3.07. The number of nitrogens with one attached hydrogen (secondary N) is 1. The number of fused-ring (bicyclic) bond motifs is 2. The van der Waals surface area contributed by atoms with E-state index in [1.165, 1.54) is 10.6 Å². The second kappa shape index (κ2) is 5.73. The van der Waals surface area contributed by atoms with Gasteiger partial charge in [0.15, 0.2) is 5.03 Å². The highest BCUT2D eigenvalue weighted by molar-refractivity contribution is 7.90. The van der Waals surface area contributed by atoms with Crippen molar-refractivity contribution in [1.82, 2.24) is 14.3 Å². The topological polar surface area (TPSA) is 98.1 Å². The Labute approximate surface area is 165 Å². The molecule has 0 saturated heterocycles. The van der Waals surface area contributed by atoms with E-state index in [2.05, 4.69) is 4.98 Å². The molecule has 1 aromatic carbocycles. The number of hydrogen-bond acceptors (Lipinski definition) is 5. The lowest BCUT2D eigenvalue weighted by Gasteiger charge is -2.16. The molecule has 3 aromatic rings. The van der Waals surface area contributed by atoms with Gasteiger partial charge in [0.1, 0.15) is 11.4 Å². The molecule has 9 heteroatoms. The minimum atomic E-state index is -4.15. The van der Waals surface area contributed by atoms with Gasteiger partial charge >= 0.3 is 0 Å². The molecular formula is C20H16FN3O4S. The number of sulfonamides is 1. The predicted octanol–water partition coefficient (Wildman–Crippen LogP) is 2.59. The highest BCUT2D eigenvalue weighted by Crippen LogP contribution is 2.42. The summed E-state index contributed by atoms with van der Waals surface area (Å²) in [5, 5.41) is -0.325. The summed E-state index contributed by atoms with van der Waals surface area (Å²) in [4.78, 5) is 29.4. The number of hydrogen-bond donors (Lipinski definition) is 1. The fourth-order valence-corrected chi connectivity index (χ4v) is 5.40. The summed E-state index contributed by atoms with van der Waals surface area (Å²) in [6, 6.07) is 5.89. The van der Waals surface area contributed by atoms with Crippen LogP contribution in [0, 0.1) is 19.7 Å². The average Bonchev–Trinajstić information content (AvgIpc) is 3.41. The van der Waals surface area contributed by atoms with Crippen LogP contribution in [0.2, 0.25) is 0 Å². The van der Waals surface area contributed by atoms with Gasteiger partial charge in [-0.05, 0) is 56.5 Å². The summed E-state index contributed by atoms with van der Waals surface area (Å²) in [7, 11) is -4.15. The molecule has 3 heterocycles. The van der Waals surface area contributed by atoms with Crippen molar-refractivity contribution in [3.63, 3.8) is 0 Å². The summed E-state index contributed by atoms with van der Waals surface area (Å²) < 4.78 is 43.5. The van der Waals surface area contributed by atoms with Crippen molar-refractivity contribution in [1.29, 1.82) is 0 Å². The number of amides is 1. The van der Waals surface area contributed by atoms with Gasteiger partial charge in [-0.1, -0.05) is 0 Å². The van der Waals surface area contributed by atoms with Crippen LogP contribution in [0.25, 0.3) is 22.0 Å². The minimum Gasteiger partial charge on any atom is -0.326 e. The Morgan fingerprint density at radius 3 is 2.38 bits per heavy atom. The second-order valence-corrected chi connectivity index (χ2v) is 9.13. The largest absolute Gasteiger partial charge is 0.326 e. The van der Waals surface area contributed by atoms with Crippen LogP contribution in [-0.2, 0) is 10.0 Å². The molecule has 1 aliphatic carbocycles. The molecule has 7 nitrogen and oxygen atoms in total. The first-order valence-corrected chi connectivity index (χ1v) is 10.6. The molecule has 0 radical (unpaired) electrons. The SMILES string of the molecule is Cc1cc(-c2cc3c(cc2F)c(=O)c2c(n3C3CC3)S(=O)(=O)NC2=O)cc(C)n1. The maximum atomic E-state index is 15.0. The molecule has 0 atom stereocenters. The highest BCUT2D eigenvalue weighted by Gasteiger charge is 2.42. The number of pyridine rings is 2. The zero-order valence-electron chi connectivity index (χ0n) is 15.6. The molecule has 1 amide bonds. The zero-order chi connectivity index (χ0) is 20.7. The maximum absolute atomic E-state index is 15.0. The van der Waals surface area contributed by atoms with Crippen molar-refractivity contribution < 1.29 is 17.6 Å². The molecule has 1 N–H and O–H groups in total. The van der Waals surface area contributed by atoms with Crippen molar-refractivity contribution in [2.75, 3.05) is 0 Å². The Morgan fingerprint density at radius 1 is 1.10 bits per heavy atom. The zero-order valence-corrected chi connectivity index (χ0v) is 16.4. The van der Waals surface area contributed by atoms with Gasteiger partial charge in [0, 0.05) is 28.4 Å². The predicted molar refractivity (Wildman–Crippen MR) is 104 cm³/mol. The molecule has 2 aliphatic rings. The first kappa shape index (κ1) is 18.0. The third kappa shape index (κ3) is 2.61. The average molecular weight is 413 g/mol. The van der Waals surface area contributed by atoms with Gasteiger partial charge < -0.3 is 4.57 Å². The Balaban J connectivity index is 1.93. The summed E-state index contributed by atoms with van der Waals surface area (Å²) in [5.41, 5.74) is 1.34. The van der Waals surface area contributed by atoms with Crippen molar-refractivity contribution in [2.24, 2.45) is 0 Å². The van der Waals surface area contributed by atoms with E-state index in [1.807, 2.05) is 4.72 Å². The lowest BCUT2D eigenvalue weighted by atomic mass is 10.0. The molecule has 148 valence electrons. The summed E-state index contributed by atoms with van der Waals surface area (Å²) in [5.74, 6) is -1.59. The summed E-state index contributed by atoms with van der Waals surface area (Å²) in [6.45, 7) is 3.60. The van der Waals surface area contributed by atoms with Gasteiger partial charge in [0.25, 0.3) is 15.9 Å². The van der Waals surface area contributed by atoms with E-state index in [0.717, 1.165) is 6.07 Å². The van der Waals surface area contributed by atoms with E-state index >= 15 is 4.39 Å². The molecule has 1 saturated carbocycles. The number of aromatic nitrogens is 2. The van der Waals surface area contributed by atoms with Crippen LogP contribution in [-0.4, -0.2) is 23.9 Å². The first-order chi connectivity index (χ1) is 13.7. The lowest BCUT2D eigenvalue weighted by Crippen LogP contribution is -2.22. The molecule has 1 fully saturated rings. The van der Waals surface area contributed by atoms with Crippen LogP contribution >= 0.6 is 0 Å². The Bertz CT molecular complexity index is 1400. The van der Waals surface area contributed by atoms with Gasteiger partial charge in [0.05, 0.1) is 5.52 Å². The highest BCUT2D eigenvalue weighted by atomic mass is 32.2. The number of rotatable bonds is 2. The number of aryl methyl sites for hydroxylation is 2. The molecule has 0 spiro atoms. The standard InChI is InChI=1S/C20H16FN3O4S/c1-9-5-11(6-10(2)22-9)13-8-16-14(7-15(13)21)18(25)17-19(26)23-29(27,28)20(17)24(16)12-3-4-12/h5-8,12H,3-4H2,1-2H3,(H,23,26). The van der Waals surface area contributed by atoms with Crippen molar-refractivity contribution in [3.8, 4) is 11.1 Å². The minimum absolute atomic E-state index is 0.00773. The Morgan fingerprint density at radius 2 is 1.76 bits per heavy atom. The molecule has 0 bridgehead atoms. The van der Waals surface area contributed by atoms with Gasteiger partial charge in [-0.3, -0.25) is 14.6 Å². The number of benzene rings is 1. The van der Waals surface area contributed by atoms with E-state index in [9.17, 15) is 18.0 Å². The van der Waals surface area contributed by atoms with Crippen molar-refractivity contribution >= 4 is 26.8 Å². The van der Waals surface area contributed by atoms with Gasteiger partial charge in [-0.2, -0.15) is 8.42 Å². The van der Waals surface area contributed by atoms with Crippen molar-refractivity contribution in [3.05, 3.63) is 57.3 Å². The van der Waals surface area contributed by atoms with Crippen LogP contribution in [0.15, 0.2) is 34.1 Å². The third-order valence-electron chi connectivity index (χ3n) is 5.26. The van der Waals surface area contributed by atoms with Gasteiger partial charge in [-0.15, -0.1) is 0 Å².